The van der Waals surface area contributed by atoms with E-state index < -0.39 is 21.7 Å². The van der Waals surface area contributed by atoms with Gasteiger partial charge in [-0.2, -0.15) is 0 Å². The topological polar surface area (TPSA) is 52.7 Å². The number of nitrogens with zero attached hydrogens (tertiary/aromatic N) is 2. The van der Waals surface area contributed by atoms with E-state index in [4.69, 9.17) is 0 Å². The molecule has 1 fully saturated rings. The van der Waals surface area contributed by atoms with E-state index in [9.17, 15) is 17.2 Å². The highest BCUT2D eigenvalue weighted by Crippen LogP contribution is 2.16. The zero-order chi connectivity index (χ0) is 18.6. The van der Waals surface area contributed by atoms with Gasteiger partial charge < -0.3 is 4.90 Å². The Bertz CT molecular complexity index is 839. The number of hydrogen-bond donors (Lipinski definition) is 1. The second-order valence-corrected chi connectivity index (χ2v) is 7.90. The minimum Gasteiger partial charge on any atom is -0.369 e. The van der Waals surface area contributed by atoms with Crippen molar-refractivity contribution < 1.29 is 17.2 Å². The molecule has 0 bridgehead atoms. The molecule has 0 aliphatic carbocycles. The number of rotatable bonds is 6. The number of benzene rings is 2. The minimum absolute atomic E-state index is 0.215. The molecule has 0 amide bonds. The van der Waals surface area contributed by atoms with Crippen molar-refractivity contribution in [1.29, 1.82) is 0 Å². The van der Waals surface area contributed by atoms with Gasteiger partial charge in [0, 0.05) is 45.0 Å². The highest BCUT2D eigenvalue weighted by atomic mass is 32.2. The molecule has 1 aliphatic heterocycles. The lowest BCUT2D eigenvalue weighted by Gasteiger charge is -2.36. The first kappa shape index (κ1) is 18.8. The lowest BCUT2D eigenvalue weighted by Crippen LogP contribution is -2.48. The summed E-state index contributed by atoms with van der Waals surface area (Å²) in [5, 5.41) is 0. The molecular formula is C18H21F2N3O2S. The number of sulfonamides is 1. The Morgan fingerprint density at radius 1 is 0.923 bits per heavy atom. The molecule has 5 nitrogen and oxygen atoms in total. The number of hydrogen-bond acceptors (Lipinski definition) is 4. The van der Waals surface area contributed by atoms with E-state index in [1.54, 1.807) is 0 Å². The lowest BCUT2D eigenvalue weighted by molar-refractivity contribution is 0.262. The maximum atomic E-state index is 13.2. The first-order valence-electron chi connectivity index (χ1n) is 8.43. The van der Waals surface area contributed by atoms with Crippen LogP contribution >= 0.6 is 0 Å². The van der Waals surface area contributed by atoms with Crippen LogP contribution in [0.4, 0.5) is 14.5 Å². The molecule has 8 heteroatoms. The predicted molar refractivity (Wildman–Crippen MR) is 96.6 cm³/mol. The molecule has 0 unspecified atom stereocenters. The number of piperazine rings is 1. The summed E-state index contributed by atoms with van der Waals surface area (Å²) in [7, 11) is -3.85. The van der Waals surface area contributed by atoms with Crippen molar-refractivity contribution in [2.24, 2.45) is 0 Å². The first-order chi connectivity index (χ1) is 12.5. The molecule has 0 saturated carbocycles. The van der Waals surface area contributed by atoms with Crippen LogP contribution in [0, 0.1) is 11.6 Å². The fraction of sp³-hybridized carbons (Fsp3) is 0.333. The average molecular weight is 381 g/mol. The maximum absolute atomic E-state index is 13.2. The number of anilines is 1. The molecule has 2 aromatic rings. The van der Waals surface area contributed by atoms with Crippen LogP contribution in [0.2, 0.25) is 0 Å². The molecule has 1 heterocycles. The molecule has 0 atom stereocenters. The van der Waals surface area contributed by atoms with E-state index in [1.807, 2.05) is 18.2 Å². The summed E-state index contributed by atoms with van der Waals surface area (Å²) in [6, 6.07) is 12.7. The van der Waals surface area contributed by atoms with Crippen molar-refractivity contribution in [3.8, 4) is 0 Å². The Balaban J connectivity index is 1.47. The first-order valence-corrected chi connectivity index (χ1v) is 9.91. The van der Waals surface area contributed by atoms with Crippen molar-refractivity contribution in [2.45, 2.75) is 4.90 Å². The van der Waals surface area contributed by atoms with Crippen molar-refractivity contribution in [2.75, 3.05) is 44.2 Å². The van der Waals surface area contributed by atoms with Crippen LogP contribution in [0.25, 0.3) is 0 Å². The van der Waals surface area contributed by atoms with Crippen molar-refractivity contribution in [3.63, 3.8) is 0 Å². The highest BCUT2D eigenvalue weighted by Gasteiger charge is 2.19. The Hall–Kier alpha value is -2.03. The van der Waals surface area contributed by atoms with Crippen LogP contribution in [0.5, 0.6) is 0 Å². The summed E-state index contributed by atoms with van der Waals surface area (Å²) in [6.45, 7) is 4.20. The molecule has 1 N–H and O–H groups in total. The molecule has 0 radical (unpaired) electrons. The molecule has 1 aliphatic rings. The zero-order valence-electron chi connectivity index (χ0n) is 14.2. The number of nitrogens with one attached hydrogen (secondary N) is 1. The van der Waals surface area contributed by atoms with Crippen molar-refractivity contribution >= 4 is 15.7 Å². The summed E-state index contributed by atoms with van der Waals surface area (Å²) in [5.74, 6) is -2.25. The third-order valence-electron chi connectivity index (χ3n) is 4.42. The summed E-state index contributed by atoms with van der Waals surface area (Å²) in [4.78, 5) is 4.19. The minimum atomic E-state index is -3.85. The zero-order valence-corrected chi connectivity index (χ0v) is 15.1. The van der Waals surface area contributed by atoms with Gasteiger partial charge >= 0.3 is 0 Å². The Labute approximate surface area is 152 Å². The molecule has 3 rings (SSSR count). The van der Waals surface area contributed by atoms with Gasteiger partial charge in [-0.15, -0.1) is 0 Å². The van der Waals surface area contributed by atoms with Gasteiger partial charge in [0.05, 0.1) is 4.90 Å². The third-order valence-corrected chi connectivity index (χ3v) is 5.87. The van der Waals surface area contributed by atoms with Crippen molar-refractivity contribution in [1.82, 2.24) is 9.62 Å². The quantitative estimate of drug-likeness (QED) is 0.832. The fourth-order valence-electron chi connectivity index (χ4n) is 2.93. The number of halogens is 2. The molecule has 26 heavy (non-hydrogen) atoms. The van der Waals surface area contributed by atoms with Crippen LogP contribution < -0.4 is 9.62 Å². The van der Waals surface area contributed by atoms with Gasteiger partial charge in [-0.1, -0.05) is 18.2 Å². The van der Waals surface area contributed by atoms with Gasteiger partial charge in [-0.05, 0) is 30.3 Å². The van der Waals surface area contributed by atoms with E-state index in [1.165, 1.54) is 5.69 Å². The second-order valence-electron chi connectivity index (χ2n) is 6.14. The van der Waals surface area contributed by atoms with Crippen LogP contribution in [0.1, 0.15) is 0 Å². The van der Waals surface area contributed by atoms with Gasteiger partial charge in [-0.3, -0.25) is 4.90 Å². The Morgan fingerprint density at radius 2 is 1.62 bits per heavy atom. The summed E-state index contributed by atoms with van der Waals surface area (Å²) in [6.07, 6.45) is 0. The van der Waals surface area contributed by atoms with Crippen LogP contribution in [0.3, 0.4) is 0 Å². The summed E-state index contributed by atoms with van der Waals surface area (Å²) in [5.41, 5.74) is 1.19. The fourth-order valence-corrected chi connectivity index (χ4v) is 3.97. The van der Waals surface area contributed by atoms with Gasteiger partial charge in [0.25, 0.3) is 0 Å². The normalized spacial score (nSPS) is 16.0. The van der Waals surface area contributed by atoms with E-state index in [0.717, 1.165) is 38.3 Å². The monoisotopic (exact) mass is 381 g/mol. The predicted octanol–water partition coefficient (Wildman–Crippen LogP) is 2.07. The van der Waals surface area contributed by atoms with Gasteiger partial charge in [0.1, 0.15) is 0 Å². The molecule has 140 valence electrons. The summed E-state index contributed by atoms with van der Waals surface area (Å²) < 4.78 is 52.9. The summed E-state index contributed by atoms with van der Waals surface area (Å²) >= 11 is 0. The smallest absolute Gasteiger partial charge is 0.240 e. The second kappa shape index (κ2) is 8.11. The number of para-hydroxylation sites is 1. The highest BCUT2D eigenvalue weighted by molar-refractivity contribution is 7.89. The Morgan fingerprint density at radius 3 is 2.27 bits per heavy atom. The third kappa shape index (κ3) is 4.57. The van der Waals surface area contributed by atoms with E-state index in [0.29, 0.717) is 12.6 Å². The SMILES string of the molecule is O=S(=O)(NCCN1CCN(c2ccccc2)CC1)c1ccc(F)c(F)c1. The van der Waals surface area contributed by atoms with Gasteiger partial charge in [-0.25, -0.2) is 21.9 Å². The largest absolute Gasteiger partial charge is 0.369 e. The van der Waals surface area contributed by atoms with E-state index >= 15 is 0 Å². The molecule has 0 aromatic heterocycles. The van der Waals surface area contributed by atoms with Gasteiger partial charge in [0.2, 0.25) is 10.0 Å². The average Bonchev–Trinajstić information content (AvgIpc) is 2.65. The standard InChI is InChI=1S/C18H21F2N3O2S/c19-17-7-6-16(14-18(17)20)26(24,25)21-8-9-22-10-12-23(13-11-22)15-4-2-1-3-5-15/h1-7,14,21H,8-13H2. The van der Waals surface area contributed by atoms with Crippen LogP contribution in [0.15, 0.2) is 53.4 Å². The van der Waals surface area contributed by atoms with E-state index in [-0.39, 0.29) is 11.4 Å². The molecule has 1 saturated heterocycles. The van der Waals surface area contributed by atoms with Gasteiger partial charge in [0.15, 0.2) is 11.6 Å². The lowest BCUT2D eigenvalue weighted by atomic mass is 10.2. The Kier molecular flexibility index (Phi) is 5.85. The van der Waals surface area contributed by atoms with E-state index in [2.05, 4.69) is 26.7 Å². The molecular weight excluding hydrogens is 360 g/mol. The van der Waals surface area contributed by atoms with Crippen molar-refractivity contribution in [3.05, 3.63) is 60.2 Å². The van der Waals surface area contributed by atoms with Crippen LogP contribution in [-0.2, 0) is 10.0 Å². The molecule has 2 aromatic carbocycles. The molecule has 0 spiro atoms. The van der Waals surface area contributed by atoms with Crippen LogP contribution in [-0.4, -0.2) is 52.6 Å². The maximum Gasteiger partial charge on any atom is 0.240 e.